The molecule has 25 heavy (non-hydrogen) atoms. The Kier molecular flexibility index (Phi) is 6.21. The van der Waals surface area contributed by atoms with Crippen molar-refractivity contribution in [3.05, 3.63) is 29.8 Å². The Balaban J connectivity index is 2.28. The second-order valence-electron chi connectivity index (χ2n) is 6.88. The summed E-state index contributed by atoms with van der Waals surface area (Å²) in [5.74, 6) is 0.594. The molecule has 7 heteroatoms. The molecule has 2 rings (SSSR count). The number of rotatable bonds is 7. The van der Waals surface area contributed by atoms with Crippen LogP contribution in [0, 0.1) is 11.8 Å². The van der Waals surface area contributed by atoms with Crippen molar-refractivity contribution >= 4 is 21.8 Å². The van der Waals surface area contributed by atoms with Gasteiger partial charge >= 0.3 is 0 Å². The fourth-order valence-corrected chi connectivity index (χ4v) is 3.86. The molecule has 6 nitrogen and oxygen atoms in total. The van der Waals surface area contributed by atoms with E-state index in [0.717, 1.165) is 12.8 Å². The van der Waals surface area contributed by atoms with Gasteiger partial charge in [-0.25, -0.2) is 8.42 Å². The summed E-state index contributed by atoms with van der Waals surface area (Å²) in [6, 6.07) is 6.06. The Bertz CT molecular complexity index is 757. The predicted molar refractivity (Wildman–Crippen MR) is 99.0 cm³/mol. The fourth-order valence-electron chi connectivity index (χ4n) is 2.62. The molecule has 0 aliphatic carbocycles. The number of aliphatic imine (C=N–C) groups is 1. The van der Waals surface area contributed by atoms with Crippen LogP contribution in [-0.2, 0) is 14.8 Å². The molecule has 138 valence electrons. The zero-order valence-electron chi connectivity index (χ0n) is 15.2. The Morgan fingerprint density at radius 1 is 1.24 bits per heavy atom. The maximum Gasteiger partial charge on any atom is 0.263 e. The van der Waals surface area contributed by atoms with Gasteiger partial charge in [0, 0.05) is 12.1 Å². The third-order valence-electron chi connectivity index (χ3n) is 4.40. The van der Waals surface area contributed by atoms with E-state index in [1.807, 2.05) is 13.8 Å². The van der Waals surface area contributed by atoms with E-state index in [-0.39, 0.29) is 22.6 Å². The van der Waals surface area contributed by atoms with Crippen LogP contribution in [0.4, 0.5) is 0 Å². The van der Waals surface area contributed by atoms with Gasteiger partial charge in [-0.1, -0.05) is 46.2 Å². The van der Waals surface area contributed by atoms with Crippen LogP contribution in [0.1, 0.15) is 46.1 Å². The number of amidine groups is 1. The number of carbonyl (C=O) groups is 1. The van der Waals surface area contributed by atoms with Gasteiger partial charge in [-0.05, 0) is 30.4 Å². The third kappa shape index (κ3) is 4.60. The highest BCUT2D eigenvalue weighted by molar-refractivity contribution is 7.90. The molecular weight excluding hydrogens is 338 g/mol. The smallest absolute Gasteiger partial charge is 0.263 e. The molecule has 1 aromatic rings. The van der Waals surface area contributed by atoms with Gasteiger partial charge in [0.15, 0.2) is 0 Å². The summed E-state index contributed by atoms with van der Waals surface area (Å²) < 4.78 is 26.9. The lowest BCUT2D eigenvalue weighted by molar-refractivity contribution is -0.123. The van der Waals surface area contributed by atoms with Crippen LogP contribution < -0.4 is 10.0 Å². The van der Waals surface area contributed by atoms with E-state index in [4.69, 9.17) is 0 Å². The van der Waals surface area contributed by atoms with Crippen LogP contribution in [0.2, 0.25) is 0 Å². The molecule has 0 aromatic heterocycles. The predicted octanol–water partition coefficient (Wildman–Crippen LogP) is 2.30. The molecule has 1 amide bonds. The van der Waals surface area contributed by atoms with Crippen LogP contribution in [0.25, 0.3) is 0 Å². The van der Waals surface area contributed by atoms with Crippen molar-refractivity contribution in [3.8, 4) is 0 Å². The normalized spacial score (nSPS) is 19.3. The highest BCUT2D eigenvalue weighted by Crippen LogP contribution is 2.24. The summed E-state index contributed by atoms with van der Waals surface area (Å²) in [4.78, 5) is 17.3. The maximum atomic E-state index is 12.6. The van der Waals surface area contributed by atoms with Crippen LogP contribution in [-0.4, -0.2) is 32.7 Å². The lowest BCUT2D eigenvalue weighted by atomic mass is 9.98. The number of benzene rings is 1. The van der Waals surface area contributed by atoms with Crippen LogP contribution in [0.5, 0.6) is 0 Å². The lowest BCUT2D eigenvalue weighted by Gasteiger charge is -2.19. The van der Waals surface area contributed by atoms with Gasteiger partial charge in [-0.15, -0.1) is 0 Å². The number of sulfonamides is 1. The molecule has 2 N–H and O–H groups in total. The lowest BCUT2D eigenvalue weighted by Crippen LogP contribution is -2.39. The first-order chi connectivity index (χ1) is 11.8. The van der Waals surface area contributed by atoms with Crippen molar-refractivity contribution in [1.82, 2.24) is 10.0 Å². The van der Waals surface area contributed by atoms with Crippen molar-refractivity contribution in [2.45, 2.75) is 51.5 Å². The molecule has 0 saturated heterocycles. The highest BCUT2D eigenvalue weighted by atomic mass is 32.2. The van der Waals surface area contributed by atoms with Gasteiger partial charge in [0.1, 0.15) is 11.9 Å². The van der Waals surface area contributed by atoms with Gasteiger partial charge in [-0.3, -0.25) is 14.5 Å². The van der Waals surface area contributed by atoms with Crippen LogP contribution >= 0.6 is 0 Å². The number of hydrogen-bond acceptors (Lipinski definition) is 4. The topological polar surface area (TPSA) is 87.6 Å². The first kappa shape index (κ1) is 19.4. The molecule has 0 unspecified atom stereocenters. The summed E-state index contributed by atoms with van der Waals surface area (Å²) >= 11 is 0. The van der Waals surface area contributed by atoms with E-state index in [0.29, 0.717) is 18.0 Å². The Hall–Kier alpha value is -1.89. The van der Waals surface area contributed by atoms with E-state index >= 15 is 0 Å². The molecule has 1 heterocycles. The van der Waals surface area contributed by atoms with E-state index in [2.05, 4.69) is 28.9 Å². The Morgan fingerprint density at radius 3 is 2.56 bits per heavy atom. The number of hydrogen-bond donors (Lipinski definition) is 2. The second kappa shape index (κ2) is 7.99. The summed E-state index contributed by atoms with van der Waals surface area (Å²) in [5.41, 5.74) is 0.519. The molecule has 1 aliphatic rings. The van der Waals surface area contributed by atoms with E-state index < -0.39 is 16.1 Å². The largest absolute Gasteiger partial charge is 0.354 e. The first-order valence-electron chi connectivity index (χ1n) is 8.74. The summed E-state index contributed by atoms with van der Waals surface area (Å²) in [7, 11) is -3.60. The van der Waals surface area contributed by atoms with Crippen LogP contribution in [0.3, 0.4) is 0 Å². The molecule has 0 radical (unpaired) electrons. The standard InChI is InChI=1S/C18H27N3O3S/c1-5-13(4)16(18(22)19-11-10-12(2)3)20-17-14-8-6-7-9-15(14)25(23,24)21-17/h6-9,12-13,16H,5,10-11H2,1-4H3,(H,19,22)(H,20,21)/t13-,16-/m0/s1. The molecule has 0 bridgehead atoms. The third-order valence-corrected chi connectivity index (χ3v) is 5.80. The minimum absolute atomic E-state index is 0.00353. The number of amides is 1. The first-order valence-corrected chi connectivity index (χ1v) is 10.2. The Labute approximate surface area is 150 Å². The van der Waals surface area contributed by atoms with E-state index in [9.17, 15) is 13.2 Å². The molecule has 0 fully saturated rings. The van der Waals surface area contributed by atoms with Gasteiger partial charge in [0.25, 0.3) is 10.0 Å². The van der Waals surface area contributed by atoms with Crippen molar-refractivity contribution in [1.29, 1.82) is 0 Å². The molecule has 2 atom stereocenters. The van der Waals surface area contributed by atoms with Gasteiger partial charge < -0.3 is 5.32 Å². The quantitative estimate of drug-likeness (QED) is 0.777. The summed E-state index contributed by atoms with van der Waals surface area (Å²) in [5, 5.41) is 2.92. The van der Waals surface area contributed by atoms with Crippen LogP contribution in [0.15, 0.2) is 34.2 Å². The molecular formula is C18H27N3O3S. The maximum absolute atomic E-state index is 12.6. The summed E-state index contributed by atoms with van der Waals surface area (Å²) in [6.07, 6.45) is 1.67. The van der Waals surface area contributed by atoms with Crippen molar-refractivity contribution in [3.63, 3.8) is 0 Å². The van der Waals surface area contributed by atoms with Gasteiger partial charge in [-0.2, -0.15) is 0 Å². The van der Waals surface area contributed by atoms with Crippen molar-refractivity contribution < 1.29 is 13.2 Å². The van der Waals surface area contributed by atoms with Crippen molar-refractivity contribution in [2.75, 3.05) is 6.54 Å². The summed E-state index contributed by atoms with van der Waals surface area (Å²) in [6.45, 7) is 8.74. The van der Waals surface area contributed by atoms with Gasteiger partial charge in [0.05, 0.1) is 4.90 Å². The number of nitrogens with one attached hydrogen (secondary N) is 2. The SMILES string of the molecule is CC[C@H](C)[C@H](N=C1NS(=O)(=O)c2ccccc21)C(=O)NCCC(C)C. The highest BCUT2D eigenvalue weighted by Gasteiger charge is 2.32. The number of nitrogens with zero attached hydrogens (tertiary/aromatic N) is 1. The average Bonchev–Trinajstić information content (AvgIpc) is 2.82. The van der Waals surface area contributed by atoms with Crippen molar-refractivity contribution in [2.24, 2.45) is 16.8 Å². The minimum Gasteiger partial charge on any atom is -0.354 e. The van der Waals surface area contributed by atoms with E-state index in [1.165, 1.54) is 0 Å². The Morgan fingerprint density at radius 2 is 1.92 bits per heavy atom. The molecule has 0 saturated carbocycles. The molecule has 1 aromatic carbocycles. The second-order valence-corrected chi connectivity index (χ2v) is 8.53. The van der Waals surface area contributed by atoms with Gasteiger partial charge in [0.2, 0.25) is 5.91 Å². The zero-order valence-corrected chi connectivity index (χ0v) is 16.1. The van der Waals surface area contributed by atoms with E-state index in [1.54, 1.807) is 24.3 Å². The molecule has 0 spiro atoms. The zero-order chi connectivity index (χ0) is 18.6. The number of carbonyl (C=O) groups excluding carboxylic acids is 1. The number of fused-ring (bicyclic) bond motifs is 1. The minimum atomic E-state index is -3.60. The average molecular weight is 365 g/mol. The fraction of sp³-hybridized carbons (Fsp3) is 0.556. The molecule has 1 aliphatic heterocycles. The monoisotopic (exact) mass is 365 g/mol.